The van der Waals surface area contributed by atoms with Gasteiger partial charge in [0.25, 0.3) is 0 Å². The van der Waals surface area contributed by atoms with Gasteiger partial charge in [-0.3, -0.25) is 0 Å². The molecule has 0 amide bonds. The maximum absolute atomic E-state index is 13.7. The number of hydrogen-bond donors (Lipinski definition) is 0. The Balaban J connectivity index is 1.51. The van der Waals surface area contributed by atoms with Crippen molar-refractivity contribution in [1.82, 2.24) is 4.90 Å². The van der Waals surface area contributed by atoms with Crippen LogP contribution < -0.4 is 0 Å². The molecule has 3 aromatic carbocycles. The molecule has 0 N–H and O–H groups in total. The van der Waals surface area contributed by atoms with Crippen molar-refractivity contribution in [3.05, 3.63) is 130 Å². The molecule has 0 bridgehead atoms. The minimum Gasteiger partial charge on any atom is -0.308 e. The summed E-state index contributed by atoms with van der Waals surface area (Å²) in [6.45, 7) is 2.33. The molecule has 3 aromatic rings. The van der Waals surface area contributed by atoms with Gasteiger partial charge in [-0.15, -0.1) is 0 Å². The zero-order chi connectivity index (χ0) is 23.1. The van der Waals surface area contributed by atoms with E-state index in [2.05, 4.69) is 84.0 Å². The number of aliphatic imine (C=N–C) groups is 1. The van der Waals surface area contributed by atoms with E-state index in [-0.39, 0.29) is 11.9 Å². The number of hydrogen-bond acceptors (Lipinski definition) is 3. The van der Waals surface area contributed by atoms with Crippen LogP contribution in [0.1, 0.15) is 42.5 Å². The second-order valence-electron chi connectivity index (χ2n) is 9.17. The zero-order valence-corrected chi connectivity index (χ0v) is 19.8. The van der Waals surface area contributed by atoms with Crippen LogP contribution in [0.4, 0.5) is 4.39 Å². The van der Waals surface area contributed by atoms with E-state index < -0.39 is 0 Å². The van der Waals surface area contributed by atoms with Crippen molar-refractivity contribution >= 4 is 28.7 Å². The molecule has 0 saturated carbocycles. The quantitative estimate of drug-likeness (QED) is 0.390. The smallest absolute Gasteiger partial charge is 0.174 e. The van der Waals surface area contributed by atoms with Crippen LogP contribution in [0.15, 0.2) is 112 Å². The van der Waals surface area contributed by atoms with Crippen molar-refractivity contribution in [3.63, 3.8) is 0 Å². The molecule has 2 heterocycles. The molecule has 2 unspecified atom stereocenters. The zero-order valence-electron chi connectivity index (χ0n) is 19.0. The van der Waals surface area contributed by atoms with Crippen molar-refractivity contribution in [1.29, 1.82) is 0 Å². The monoisotopic (exact) mass is 464 g/mol. The fourth-order valence-electron chi connectivity index (χ4n) is 5.20. The third-order valence-corrected chi connectivity index (χ3v) is 7.52. The highest BCUT2D eigenvalue weighted by atomic mass is 32.2. The lowest BCUT2D eigenvalue weighted by molar-refractivity contribution is 0.425. The van der Waals surface area contributed by atoms with E-state index in [1.807, 2.05) is 12.1 Å². The Kier molecular flexibility index (Phi) is 5.46. The van der Waals surface area contributed by atoms with Crippen LogP contribution in [0.25, 0.3) is 11.8 Å². The number of fused-ring (bicyclic) bond motifs is 1. The van der Waals surface area contributed by atoms with Crippen LogP contribution in [0.3, 0.4) is 0 Å². The summed E-state index contributed by atoms with van der Waals surface area (Å²) in [5, 5.41) is 3.14. The number of allylic oxidation sites excluding steroid dienone is 1. The highest BCUT2D eigenvalue weighted by Crippen LogP contribution is 2.51. The Morgan fingerprint density at radius 3 is 2.35 bits per heavy atom. The lowest BCUT2D eigenvalue weighted by atomic mass is 9.78. The van der Waals surface area contributed by atoms with Gasteiger partial charge in [-0.25, -0.2) is 9.38 Å². The number of halogens is 1. The van der Waals surface area contributed by atoms with Gasteiger partial charge in [0.15, 0.2) is 5.17 Å². The van der Waals surface area contributed by atoms with Crippen LogP contribution in [0.2, 0.25) is 0 Å². The molecule has 0 saturated heterocycles. The minimum atomic E-state index is -0.219. The molecule has 6 rings (SSSR count). The maximum Gasteiger partial charge on any atom is 0.174 e. The average Bonchev–Trinajstić information content (AvgIpc) is 3.28. The molecule has 34 heavy (non-hydrogen) atoms. The summed E-state index contributed by atoms with van der Waals surface area (Å²) in [6, 6.07) is 28.1. The van der Waals surface area contributed by atoms with Gasteiger partial charge >= 0.3 is 0 Å². The van der Waals surface area contributed by atoms with Gasteiger partial charge in [-0.1, -0.05) is 79.3 Å². The van der Waals surface area contributed by atoms with Crippen molar-refractivity contribution in [2.75, 3.05) is 0 Å². The normalized spacial score (nSPS) is 22.9. The van der Waals surface area contributed by atoms with Gasteiger partial charge in [-0.2, -0.15) is 0 Å². The molecule has 1 aliphatic carbocycles. The summed E-state index contributed by atoms with van der Waals surface area (Å²) in [4.78, 5) is 7.59. The first-order valence-electron chi connectivity index (χ1n) is 11.7. The Morgan fingerprint density at radius 1 is 0.912 bits per heavy atom. The topological polar surface area (TPSA) is 15.6 Å². The Hall–Kier alpha value is -3.37. The van der Waals surface area contributed by atoms with E-state index >= 15 is 0 Å². The second-order valence-corrected chi connectivity index (χ2v) is 10.0. The van der Waals surface area contributed by atoms with Gasteiger partial charge in [0.05, 0.1) is 17.4 Å². The standard InChI is InChI=1S/C30H25FN2S/c1-20-16-24(18-21-8-4-2-5-9-21)28-26(17-20)29(23-10-6-3-7-11-23)33-27(19-34-30(33)32-28)22-12-14-25(31)15-13-22/h2-15,18-20,29H,16-17H2,1H3. The van der Waals surface area contributed by atoms with Crippen LogP contribution in [-0.4, -0.2) is 10.1 Å². The van der Waals surface area contributed by atoms with E-state index in [9.17, 15) is 4.39 Å². The molecule has 0 fully saturated rings. The van der Waals surface area contributed by atoms with Gasteiger partial charge in [0.2, 0.25) is 0 Å². The fourth-order valence-corrected chi connectivity index (χ4v) is 6.13. The van der Waals surface area contributed by atoms with Crippen molar-refractivity contribution in [2.45, 2.75) is 25.8 Å². The summed E-state index contributed by atoms with van der Waals surface area (Å²) in [5.41, 5.74) is 8.37. The summed E-state index contributed by atoms with van der Waals surface area (Å²) in [5.74, 6) is 0.314. The van der Waals surface area contributed by atoms with Crippen molar-refractivity contribution in [2.24, 2.45) is 10.9 Å². The third kappa shape index (κ3) is 3.82. The minimum absolute atomic E-state index is 0.0666. The predicted molar refractivity (Wildman–Crippen MR) is 140 cm³/mol. The lowest BCUT2D eigenvalue weighted by Gasteiger charge is -2.41. The number of benzene rings is 3. The molecule has 0 radical (unpaired) electrons. The number of rotatable bonds is 3. The van der Waals surface area contributed by atoms with E-state index in [1.54, 1.807) is 11.8 Å². The molecule has 2 atom stereocenters. The van der Waals surface area contributed by atoms with Crippen LogP contribution in [0.5, 0.6) is 0 Å². The third-order valence-electron chi connectivity index (χ3n) is 6.68. The molecule has 0 spiro atoms. The lowest BCUT2D eigenvalue weighted by Crippen LogP contribution is -2.35. The summed E-state index contributed by atoms with van der Waals surface area (Å²) >= 11 is 1.66. The molecule has 2 nitrogen and oxygen atoms in total. The number of amidine groups is 1. The highest BCUT2D eigenvalue weighted by Gasteiger charge is 2.41. The van der Waals surface area contributed by atoms with E-state index in [0.717, 1.165) is 35.0 Å². The van der Waals surface area contributed by atoms with Gasteiger partial charge in [-0.05, 0) is 76.9 Å². The molecular weight excluding hydrogens is 439 g/mol. The Morgan fingerprint density at radius 2 is 1.62 bits per heavy atom. The number of thioether (sulfide) groups is 1. The van der Waals surface area contributed by atoms with Gasteiger partial charge in [0.1, 0.15) is 5.82 Å². The molecule has 168 valence electrons. The van der Waals surface area contributed by atoms with Crippen molar-refractivity contribution < 1.29 is 4.39 Å². The highest BCUT2D eigenvalue weighted by molar-refractivity contribution is 8.16. The maximum atomic E-state index is 13.7. The van der Waals surface area contributed by atoms with Gasteiger partial charge < -0.3 is 4.90 Å². The molecular formula is C30H25FN2S. The van der Waals surface area contributed by atoms with Crippen LogP contribution in [-0.2, 0) is 0 Å². The largest absolute Gasteiger partial charge is 0.308 e. The molecule has 0 aromatic heterocycles. The molecule has 2 aliphatic heterocycles. The van der Waals surface area contributed by atoms with E-state index in [1.165, 1.54) is 34.4 Å². The summed E-state index contributed by atoms with van der Waals surface area (Å²) in [6.07, 6.45) is 4.34. The summed E-state index contributed by atoms with van der Waals surface area (Å²) < 4.78 is 13.7. The Labute approximate surface area is 204 Å². The fraction of sp³-hybridized carbons (Fsp3) is 0.167. The molecule has 3 aliphatic rings. The van der Waals surface area contributed by atoms with E-state index in [0.29, 0.717) is 5.92 Å². The van der Waals surface area contributed by atoms with Crippen molar-refractivity contribution in [3.8, 4) is 0 Å². The average molecular weight is 465 g/mol. The summed E-state index contributed by atoms with van der Waals surface area (Å²) in [7, 11) is 0. The first-order valence-corrected chi connectivity index (χ1v) is 12.6. The van der Waals surface area contributed by atoms with Crippen LogP contribution in [0, 0.1) is 11.7 Å². The van der Waals surface area contributed by atoms with Gasteiger partial charge in [0, 0.05) is 5.41 Å². The Bertz CT molecular complexity index is 1340. The van der Waals surface area contributed by atoms with Crippen LogP contribution >= 0.6 is 11.8 Å². The second kappa shape index (κ2) is 8.77. The molecule has 4 heteroatoms. The first-order chi connectivity index (χ1) is 16.7. The SMILES string of the molecule is CC1CC(=Cc2ccccc2)C2=C(C1)C(c1ccccc1)N1C(c3ccc(F)cc3)=CSC1=N2. The predicted octanol–water partition coefficient (Wildman–Crippen LogP) is 8.05. The van der Waals surface area contributed by atoms with E-state index in [4.69, 9.17) is 4.99 Å². The first kappa shape index (κ1) is 21.2. The number of nitrogens with zero attached hydrogens (tertiary/aromatic N) is 2.